The molecule has 0 aliphatic carbocycles. The van der Waals surface area contributed by atoms with Crippen molar-refractivity contribution in [2.75, 3.05) is 31.4 Å². The van der Waals surface area contributed by atoms with E-state index >= 15 is 0 Å². The molecule has 7 nitrogen and oxygen atoms in total. The lowest BCUT2D eigenvalue weighted by molar-refractivity contribution is -0.121. The number of aromatic amines is 1. The van der Waals surface area contributed by atoms with Crippen LogP contribution in [0.2, 0.25) is 0 Å². The number of aryl methyl sites for hydroxylation is 1. The Kier molecular flexibility index (Phi) is 7.19. The molecule has 0 radical (unpaired) electrons. The first-order valence-electron chi connectivity index (χ1n) is 9.82. The van der Waals surface area contributed by atoms with Crippen LogP contribution in [0.5, 0.6) is 5.75 Å². The van der Waals surface area contributed by atoms with Crippen LogP contribution < -0.4 is 20.5 Å². The molecule has 1 aromatic carbocycles. The molecule has 2 aromatic rings. The van der Waals surface area contributed by atoms with Crippen molar-refractivity contribution in [3.8, 4) is 5.75 Å². The smallest absolute Gasteiger partial charge is 0.254 e. The highest BCUT2D eigenvalue weighted by Gasteiger charge is 2.21. The summed E-state index contributed by atoms with van der Waals surface area (Å²) in [5.74, 6) is 0.837. The molecule has 1 saturated heterocycles. The zero-order valence-corrected chi connectivity index (χ0v) is 18.0. The van der Waals surface area contributed by atoms with Gasteiger partial charge in [-0.1, -0.05) is 11.8 Å². The van der Waals surface area contributed by atoms with Gasteiger partial charge in [-0.15, -0.1) is 0 Å². The van der Waals surface area contributed by atoms with Gasteiger partial charge in [-0.3, -0.25) is 9.59 Å². The molecule has 1 amide bonds. The van der Waals surface area contributed by atoms with E-state index in [4.69, 9.17) is 4.74 Å². The molecule has 156 valence electrons. The van der Waals surface area contributed by atoms with Gasteiger partial charge in [0.05, 0.1) is 7.11 Å². The van der Waals surface area contributed by atoms with E-state index in [9.17, 15) is 9.59 Å². The average molecular weight is 417 g/mol. The van der Waals surface area contributed by atoms with Crippen LogP contribution >= 0.6 is 11.8 Å². The first kappa shape index (κ1) is 21.2. The second-order valence-corrected chi connectivity index (χ2v) is 7.96. The maximum atomic E-state index is 12.4. The second kappa shape index (κ2) is 9.82. The number of thioether (sulfide) groups is 1. The number of hydrogen-bond acceptors (Lipinski definition) is 6. The van der Waals surface area contributed by atoms with E-state index in [1.165, 1.54) is 17.4 Å². The topological polar surface area (TPSA) is 87.3 Å². The molecule has 29 heavy (non-hydrogen) atoms. The van der Waals surface area contributed by atoms with Crippen molar-refractivity contribution in [2.24, 2.45) is 0 Å². The van der Waals surface area contributed by atoms with Gasteiger partial charge in [-0.2, -0.15) is 0 Å². The molecule has 1 aliphatic rings. The number of H-pyrrole nitrogens is 1. The number of aromatic nitrogens is 2. The van der Waals surface area contributed by atoms with Gasteiger partial charge in [-0.05, 0) is 56.7 Å². The monoisotopic (exact) mass is 416 g/mol. The van der Waals surface area contributed by atoms with E-state index in [-0.39, 0.29) is 17.5 Å². The van der Waals surface area contributed by atoms with Crippen molar-refractivity contribution in [1.82, 2.24) is 15.3 Å². The zero-order valence-electron chi connectivity index (χ0n) is 17.2. The van der Waals surface area contributed by atoms with Crippen molar-refractivity contribution in [2.45, 2.75) is 43.8 Å². The minimum atomic E-state index is -0.151. The Balaban J connectivity index is 1.47. The number of amides is 1. The van der Waals surface area contributed by atoms with Gasteiger partial charge >= 0.3 is 0 Å². The van der Waals surface area contributed by atoms with Crippen molar-refractivity contribution in [3.05, 3.63) is 45.9 Å². The van der Waals surface area contributed by atoms with Crippen molar-refractivity contribution >= 4 is 23.4 Å². The lowest BCUT2D eigenvalue weighted by atomic mass is 10.0. The highest BCUT2D eigenvalue weighted by atomic mass is 32.2. The van der Waals surface area contributed by atoms with E-state index in [0.717, 1.165) is 31.7 Å². The summed E-state index contributed by atoms with van der Waals surface area (Å²) in [4.78, 5) is 34.0. The Bertz CT molecular complexity index is 890. The van der Waals surface area contributed by atoms with E-state index < -0.39 is 0 Å². The highest BCUT2D eigenvalue weighted by Crippen LogP contribution is 2.23. The fourth-order valence-electron chi connectivity index (χ4n) is 3.59. The normalized spacial score (nSPS) is 14.7. The van der Waals surface area contributed by atoms with Gasteiger partial charge in [0.15, 0.2) is 5.16 Å². The van der Waals surface area contributed by atoms with Crippen LogP contribution in [0, 0.1) is 6.92 Å². The number of benzene rings is 1. The number of nitrogens with zero attached hydrogens (tertiary/aromatic N) is 2. The number of carbonyl (C=O) groups is 1. The van der Waals surface area contributed by atoms with Crippen molar-refractivity contribution < 1.29 is 9.53 Å². The summed E-state index contributed by atoms with van der Waals surface area (Å²) < 4.78 is 5.21. The highest BCUT2D eigenvalue weighted by molar-refractivity contribution is 7.98. The molecule has 0 unspecified atom stereocenters. The Morgan fingerprint density at radius 1 is 1.31 bits per heavy atom. The Labute approximate surface area is 175 Å². The molecule has 3 rings (SSSR count). The maximum Gasteiger partial charge on any atom is 0.254 e. The van der Waals surface area contributed by atoms with Gasteiger partial charge in [-0.25, -0.2) is 4.98 Å². The van der Waals surface area contributed by atoms with E-state index in [2.05, 4.69) is 32.3 Å². The average Bonchev–Trinajstić information content (AvgIpc) is 2.73. The van der Waals surface area contributed by atoms with Crippen LogP contribution in [0.4, 0.5) is 5.69 Å². The van der Waals surface area contributed by atoms with Gasteiger partial charge < -0.3 is 19.9 Å². The SMILES string of the molecule is COc1ccc(N2CCC(NC(=O)CCc3c(C)nc(SC)[nH]c3=O)CC2)cc1. The summed E-state index contributed by atoms with van der Waals surface area (Å²) in [6.45, 7) is 3.61. The molecular formula is C21H28N4O3S. The zero-order chi connectivity index (χ0) is 20.8. The summed E-state index contributed by atoms with van der Waals surface area (Å²) in [5.41, 5.74) is 2.31. The molecule has 0 bridgehead atoms. The predicted octanol–water partition coefficient (Wildman–Crippen LogP) is 2.53. The third-order valence-electron chi connectivity index (χ3n) is 5.29. The number of hydrogen-bond donors (Lipinski definition) is 2. The van der Waals surface area contributed by atoms with Crippen LogP contribution in [0.1, 0.15) is 30.5 Å². The van der Waals surface area contributed by atoms with Crippen molar-refractivity contribution in [3.63, 3.8) is 0 Å². The number of nitrogens with one attached hydrogen (secondary N) is 2. The molecule has 0 saturated carbocycles. The minimum Gasteiger partial charge on any atom is -0.497 e. The molecule has 8 heteroatoms. The Hall–Kier alpha value is -2.48. The summed E-state index contributed by atoms with van der Waals surface area (Å²) in [7, 11) is 1.66. The number of piperidine rings is 1. The van der Waals surface area contributed by atoms with E-state index in [0.29, 0.717) is 29.3 Å². The maximum absolute atomic E-state index is 12.4. The Morgan fingerprint density at radius 2 is 2.00 bits per heavy atom. The summed E-state index contributed by atoms with van der Waals surface area (Å²) in [6, 6.07) is 8.23. The Morgan fingerprint density at radius 3 is 2.59 bits per heavy atom. The third kappa shape index (κ3) is 5.53. The molecule has 0 atom stereocenters. The molecule has 1 aromatic heterocycles. The van der Waals surface area contributed by atoms with Gasteiger partial charge in [0.1, 0.15) is 5.75 Å². The number of ether oxygens (including phenoxy) is 1. The van der Waals surface area contributed by atoms with Gasteiger partial charge in [0.2, 0.25) is 5.91 Å². The lowest BCUT2D eigenvalue weighted by Gasteiger charge is -2.34. The van der Waals surface area contributed by atoms with Gasteiger partial charge in [0, 0.05) is 42.5 Å². The van der Waals surface area contributed by atoms with E-state index in [1.54, 1.807) is 7.11 Å². The van der Waals surface area contributed by atoms with Crippen LogP contribution in [-0.4, -0.2) is 48.4 Å². The third-order valence-corrected chi connectivity index (χ3v) is 5.87. The van der Waals surface area contributed by atoms with Crippen LogP contribution in [0.25, 0.3) is 0 Å². The quantitative estimate of drug-likeness (QED) is 0.533. The number of rotatable bonds is 7. The number of methoxy groups -OCH3 is 1. The first-order chi connectivity index (χ1) is 14.0. The molecule has 2 heterocycles. The predicted molar refractivity (Wildman–Crippen MR) is 116 cm³/mol. The van der Waals surface area contributed by atoms with Crippen LogP contribution in [-0.2, 0) is 11.2 Å². The molecule has 0 spiro atoms. The summed E-state index contributed by atoms with van der Waals surface area (Å²) >= 11 is 1.40. The fourth-order valence-corrected chi connectivity index (χ4v) is 4.01. The molecule has 1 fully saturated rings. The first-order valence-corrected chi connectivity index (χ1v) is 11.0. The van der Waals surface area contributed by atoms with E-state index in [1.807, 2.05) is 25.3 Å². The molecule has 1 aliphatic heterocycles. The van der Waals surface area contributed by atoms with Crippen LogP contribution in [0.15, 0.2) is 34.2 Å². The number of carbonyl (C=O) groups excluding carboxylic acids is 1. The van der Waals surface area contributed by atoms with Crippen LogP contribution in [0.3, 0.4) is 0 Å². The summed E-state index contributed by atoms with van der Waals surface area (Å²) in [5, 5.41) is 3.72. The second-order valence-electron chi connectivity index (χ2n) is 7.17. The minimum absolute atomic E-state index is 0.0133. The summed E-state index contributed by atoms with van der Waals surface area (Å²) in [6.07, 6.45) is 4.37. The van der Waals surface area contributed by atoms with Gasteiger partial charge in [0.25, 0.3) is 5.56 Å². The largest absolute Gasteiger partial charge is 0.497 e. The lowest BCUT2D eigenvalue weighted by Crippen LogP contribution is -2.44. The molecular weight excluding hydrogens is 388 g/mol. The molecule has 2 N–H and O–H groups in total. The fraction of sp³-hybridized carbons (Fsp3) is 0.476. The number of anilines is 1. The van der Waals surface area contributed by atoms with Crippen molar-refractivity contribution in [1.29, 1.82) is 0 Å². The standard InChI is InChI=1S/C21H28N4O3S/c1-14-18(20(27)24-21(22-14)29-3)8-9-19(26)23-15-10-12-25(13-11-15)16-4-6-17(28-2)7-5-16/h4-7,15H,8-13H2,1-3H3,(H,23,26)(H,22,24,27).